The highest BCUT2D eigenvalue weighted by Crippen LogP contribution is 2.52. The maximum absolute atomic E-state index is 8.63. The molecule has 12 aromatic carbocycles. The molecule has 4 aliphatic carbocycles. The van der Waals surface area contributed by atoms with Crippen LogP contribution in [0.15, 0.2) is 284 Å². The van der Waals surface area contributed by atoms with Gasteiger partial charge in [-0.05, 0) is 151 Å². The third kappa shape index (κ3) is 18.1. The Balaban J connectivity index is 0.000000126. The van der Waals surface area contributed by atoms with Crippen molar-refractivity contribution in [1.82, 2.24) is 0 Å². The third-order valence-electron chi connectivity index (χ3n) is 31.5. The van der Waals surface area contributed by atoms with E-state index >= 15 is 0 Å². The van der Waals surface area contributed by atoms with Crippen molar-refractivity contribution in [1.29, 1.82) is 0 Å². The maximum atomic E-state index is 8.63. The molecular weight excluding hydrogens is 1770 g/mol. The molecule has 0 unspecified atom stereocenters. The Kier molecular flexibility index (Phi) is 21.0. The van der Waals surface area contributed by atoms with Gasteiger partial charge in [-0.1, -0.05) is 321 Å². The minimum atomic E-state index is -0.470. The van der Waals surface area contributed by atoms with Gasteiger partial charge in [-0.2, -0.15) is 18.3 Å². The summed E-state index contributed by atoms with van der Waals surface area (Å²) >= 11 is 0. The summed E-state index contributed by atoms with van der Waals surface area (Å²) in [6, 6.07) is 39.8. The minimum absolute atomic E-state index is 0.0224. The zero-order valence-corrected chi connectivity index (χ0v) is 84.2. The molecule has 0 radical (unpaired) electrons. The number of hydrogen-bond donors (Lipinski definition) is 0. The second-order valence-corrected chi connectivity index (χ2v) is 40.1. The summed E-state index contributed by atoms with van der Waals surface area (Å²) in [4.78, 5) is 14.7. The first kappa shape index (κ1) is 74.3. The highest BCUT2D eigenvalue weighted by Gasteiger charge is 2.34. The highest BCUT2D eigenvalue weighted by atomic mass is 16.3. The molecule has 20 aromatic rings. The summed E-state index contributed by atoms with van der Waals surface area (Å²) in [6.07, 6.45) is 26.4. The van der Waals surface area contributed by atoms with Crippen molar-refractivity contribution in [3.63, 3.8) is 0 Å². The van der Waals surface area contributed by atoms with Gasteiger partial charge in [0, 0.05) is 141 Å². The van der Waals surface area contributed by atoms with Crippen molar-refractivity contribution >= 4 is 111 Å². The molecule has 12 nitrogen and oxygen atoms in total. The molecule has 24 rings (SSSR count). The average Bonchev–Trinajstić information content (AvgIpc) is 1.59. The van der Waals surface area contributed by atoms with Crippen LogP contribution in [0.5, 0.6) is 0 Å². The molecule has 12 heteroatoms. The molecule has 0 aliphatic heterocycles. The predicted octanol–water partition coefficient (Wildman–Crippen LogP) is 35.3. The summed E-state index contributed by atoms with van der Waals surface area (Å²) in [5.41, 5.74) is 27.7. The topological polar surface area (TPSA) is 85.5 Å². The maximum Gasteiger partial charge on any atom is 0.216 e. The van der Waals surface area contributed by atoms with Crippen molar-refractivity contribution in [3.8, 4) is 89.5 Å². The summed E-state index contributed by atoms with van der Waals surface area (Å²) in [5, 5.41) is 6.32. The molecule has 4 aliphatic rings. The second kappa shape index (κ2) is 41.0. The van der Waals surface area contributed by atoms with Crippen molar-refractivity contribution in [2.75, 3.05) is 0 Å². The van der Waals surface area contributed by atoms with Crippen molar-refractivity contribution in [2.24, 2.45) is 45.9 Å². The van der Waals surface area contributed by atoms with Gasteiger partial charge in [0.05, 0.1) is 76.0 Å². The van der Waals surface area contributed by atoms with Gasteiger partial charge in [0.25, 0.3) is 0 Å². The van der Waals surface area contributed by atoms with Crippen LogP contribution in [0.2, 0.25) is 0 Å². The number of fused-ring (bicyclic) bond motifs is 12. The van der Waals surface area contributed by atoms with Crippen molar-refractivity contribution in [3.05, 3.63) is 379 Å². The van der Waals surface area contributed by atoms with E-state index in [-0.39, 0.29) is 116 Å². The number of aryl methyl sites for hydroxylation is 6. The van der Waals surface area contributed by atoms with Crippen LogP contribution >= 0.6 is 0 Å². The Labute approximate surface area is 880 Å². The van der Waals surface area contributed by atoms with E-state index in [9.17, 15) is 0 Å². The Morgan fingerprint density at radius 2 is 0.531 bits per heavy atom. The standard InChI is InChI=1S/C34H33N2O.3C33H31N2O/c1-22-15-16-27-28-17-18-29(35-3)32(26-13-9-6-10-14-26)34(28)37-33(27)31(22)30-21-25(19-23(2)36(30)4)20-24-11-7-5-8-12-24;1-21-15-16-26-27-17-19-28(34-3)31(24-13-9-6-10-14-24)33(27)36-32(26)30(21)29-20-18-25(22(2)35(29)4)23-11-7-5-8-12-23;1-21-14-16-26-27-17-18-28(34-3)31(24-12-6-5-7-13-24)33(27)36-32(26)30(21)29-19-15-25(22(2)35(29)4)20-23-10-8-9-11-23;1-21-14-15-26-27-16-17-28(34-3)31(25-12-6-5-7-13-25)33(27)36-32(26)30(21)29-20-24(18-22(2)35(29)4)19-23-10-8-9-11-23/h6,9-10,13-19,21,24H,5,7-8,11-12,20H2,1-2,4H3;6,9-10,13-20,23H,5,7-8,11-12H2,1-2,4H3;5-7,12-19,23H,8-11,20H2,1-2,4H3;5-7,12-18,20,23H,8-11,19H2,1-2,4H3/q4*+1/i2*6D,9D,10D,13D,14D;2*5D,6D,7D,12D,13D. The van der Waals surface area contributed by atoms with E-state index in [1.807, 2.05) is 62.4 Å². The van der Waals surface area contributed by atoms with E-state index in [4.69, 9.17) is 71.4 Å². The molecule has 0 atom stereocenters. The Hall–Kier alpha value is -15.6. The van der Waals surface area contributed by atoms with Crippen LogP contribution < -0.4 is 18.3 Å². The Morgan fingerprint density at radius 1 is 0.269 bits per heavy atom. The van der Waals surface area contributed by atoms with Gasteiger partial charge >= 0.3 is 0 Å². The molecule has 0 amide bonds. The monoisotopic (exact) mass is 1920 g/mol. The van der Waals surface area contributed by atoms with Crippen LogP contribution in [0.25, 0.3) is 197 Å². The second-order valence-electron chi connectivity index (χ2n) is 40.1. The lowest BCUT2D eigenvalue weighted by Crippen LogP contribution is -2.36. The number of pyridine rings is 4. The van der Waals surface area contributed by atoms with Gasteiger partial charge in [-0.25, -0.2) is 19.4 Å². The van der Waals surface area contributed by atoms with E-state index in [1.54, 1.807) is 24.3 Å². The van der Waals surface area contributed by atoms with E-state index < -0.39 is 72.5 Å². The lowest BCUT2D eigenvalue weighted by molar-refractivity contribution is -0.667. The lowest BCUT2D eigenvalue weighted by atomic mass is 9.83. The molecule has 145 heavy (non-hydrogen) atoms. The molecule has 0 spiro atoms. The minimum Gasteiger partial charge on any atom is -0.456 e. The van der Waals surface area contributed by atoms with Crippen molar-refractivity contribution in [2.45, 2.75) is 196 Å². The molecule has 0 bridgehead atoms. The van der Waals surface area contributed by atoms with Crippen LogP contribution in [-0.2, 0) is 47.5 Å². The van der Waals surface area contributed by atoms with Gasteiger partial charge in [-0.3, -0.25) is 0 Å². The van der Waals surface area contributed by atoms with Crippen LogP contribution in [-0.4, -0.2) is 0 Å². The van der Waals surface area contributed by atoms with Crippen LogP contribution in [0, 0.1) is 99.4 Å². The molecule has 8 heterocycles. The molecule has 0 N–H and O–H groups in total. The van der Waals surface area contributed by atoms with Crippen LogP contribution in [0.3, 0.4) is 0 Å². The van der Waals surface area contributed by atoms with Gasteiger partial charge in [0.1, 0.15) is 72.9 Å². The van der Waals surface area contributed by atoms with Crippen molar-refractivity contribution < 1.29 is 63.4 Å². The molecule has 718 valence electrons. The van der Waals surface area contributed by atoms with Crippen LogP contribution in [0.4, 0.5) is 22.7 Å². The number of benzene rings is 12. The highest BCUT2D eigenvalue weighted by molar-refractivity contribution is 6.19. The van der Waals surface area contributed by atoms with Gasteiger partial charge < -0.3 is 17.7 Å². The van der Waals surface area contributed by atoms with E-state index in [2.05, 4.69) is 180 Å². The fourth-order valence-electron chi connectivity index (χ4n) is 23.5. The zero-order chi connectivity index (χ0) is 117. The SMILES string of the molecule is [2H]c1c([2H])c([2H])c(-c2c([N+]#[C-])ccc3c2oc2c(-c4cc(CC5CCCC5)cc(C)[n+]4C)c(C)ccc23)c([2H])c1[2H].[2H]c1c([2H])c([2H])c(-c2c([N+]#[C-])ccc3c2oc2c(-c4cc(CC5CCCCC5)cc(C)[n+]4C)c(C)ccc23)c([2H])c1[2H].[2H]c1c([2H])c([2H])c(-c2c([N+]#[C-])ccc3c2oc2c(-c4ccc(C5CCCCC5)c(C)[n+]4C)c(C)ccc23)c([2H])c1[2H].[2H]c1c([2H])c([2H])c(-c2c([N+]#[C-])ccc3c2oc2c(-c4ccc(CC5CCCC5)c(C)[n+]4C)c(C)ccc23)c([2H])c1[2H]. The quantitative estimate of drug-likeness (QED) is 0.0756. The van der Waals surface area contributed by atoms with Crippen LogP contribution in [0.1, 0.15) is 216 Å². The van der Waals surface area contributed by atoms with Gasteiger partial charge in [-0.15, -0.1) is 0 Å². The normalized spacial score (nSPS) is 16.1. The number of hydrogen-bond acceptors (Lipinski definition) is 4. The summed E-state index contributed by atoms with van der Waals surface area (Å²) in [7, 11) is 8.29. The summed E-state index contributed by atoms with van der Waals surface area (Å²) in [6.45, 7) is 48.2. The Morgan fingerprint density at radius 3 is 0.841 bits per heavy atom. The lowest BCUT2D eigenvalue weighted by Gasteiger charge is -2.22. The first-order valence-corrected chi connectivity index (χ1v) is 50.8. The molecule has 4 saturated carbocycles. The number of rotatable bonds is 15. The molecule has 4 fully saturated rings. The predicted molar refractivity (Wildman–Crippen MR) is 593 cm³/mol. The average molecular weight is 1920 g/mol. The number of furan rings is 4. The summed E-state index contributed by atoms with van der Waals surface area (Å²) < 4.78 is 202. The third-order valence-corrected chi connectivity index (χ3v) is 31.5. The fraction of sp³-hybridized carbons (Fsp3) is 0.278. The molecule has 0 saturated heterocycles. The largest absolute Gasteiger partial charge is 0.456 e. The molecule has 8 aromatic heterocycles. The number of nitrogens with zero attached hydrogens (tertiary/aromatic N) is 8. The molecular formula is C133H126N8O4+4. The Bertz CT molecular complexity index is 9870. The van der Waals surface area contributed by atoms with E-state index in [0.29, 0.717) is 62.4 Å². The van der Waals surface area contributed by atoms with E-state index in [0.717, 1.165) is 147 Å². The van der Waals surface area contributed by atoms with Gasteiger partial charge in [0.15, 0.2) is 45.5 Å². The first-order chi connectivity index (χ1) is 79.0. The van der Waals surface area contributed by atoms with Gasteiger partial charge in [0.2, 0.25) is 22.8 Å². The smallest absolute Gasteiger partial charge is 0.216 e. The number of aromatic nitrogens is 4. The zero-order valence-electron chi connectivity index (χ0n) is 104. The summed E-state index contributed by atoms with van der Waals surface area (Å²) in [5.74, 6) is 2.74. The first-order valence-electron chi connectivity index (χ1n) is 60.8. The fourth-order valence-corrected chi connectivity index (χ4v) is 23.5. The van der Waals surface area contributed by atoms with E-state index in [1.165, 1.54) is 149 Å².